The highest BCUT2D eigenvalue weighted by Crippen LogP contribution is 2.19. The van der Waals surface area contributed by atoms with Gasteiger partial charge in [0.25, 0.3) is 0 Å². The van der Waals surface area contributed by atoms with E-state index in [9.17, 15) is 4.79 Å². The first-order valence-corrected chi connectivity index (χ1v) is 4.37. The Kier molecular flexibility index (Phi) is 4.01. The third kappa shape index (κ3) is 2.42. The van der Waals surface area contributed by atoms with E-state index in [2.05, 4.69) is 4.98 Å². The predicted molar refractivity (Wildman–Crippen MR) is 62.3 cm³/mol. The first-order valence-electron chi connectivity index (χ1n) is 4.37. The summed E-state index contributed by atoms with van der Waals surface area (Å²) in [6.07, 6.45) is 2.57. The molecular weight excluding hydrogens is 210 g/mol. The smallest absolute Gasteiger partial charge is 0.150 e. The monoisotopic (exact) mass is 219 g/mol. The summed E-state index contributed by atoms with van der Waals surface area (Å²) in [5, 5.41) is 0. The molecule has 0 aliphatic heterocycles. The van der Waals surface area contributed by atoms with Crippen molar-refractivity contribution in [3.8, 4) is 11.3 Å². The van der Waals surface area contributed by atoms with Crippen molar-refractivity contribution in [2.45, 2.75) is 0 Å². The molecule has 0 aliphatic carbocycles. The number of nitrogens with zero attached hydrogens (tertiary/aromatic N) is 1. The maximum absolute atomic E-state index is 10.8. The van der Waals surface area contributed by atoms with E-state index in [-0.39, 0.29) is 12.4 Å². The predicted octanol–water partition coefficient (Wildman–Crippen LogP) is 2.98. The standard InChI is InChI=1S/C12H9NO.ClH/c14-9-10-5-1-2-6-11(10)12-7-3-4-8-13-12;/h1-9H;1H. The number of halogens is 1. The molecule has 0 saturated carbocycles. The summed E-state index contributed by atoms with van der Waals surface area (Å²) in [7, 11) is 0. The molecule has 0 bridgehead atoms. The molecule has 15 heavy (non-hydrogen) atoms. The van der Waals surface area contributed by atoms with Gasteiger partial charge in [-0.2, -0.15) is 0 Å². The summed E-state index contributed by atoms with van der Waals surface area (Å²) in [4.78, 5) is 15.0. The number of pyridine rings is 1. The Morgan fingerprint density at radius 2 is 1.73 bits per heavy atom. The largest absolute Gasteiger partial charge is 0.298 e. The van der Waals surface area contributed by atoms with Crippen molar-refractivity contribution < 1.29 is 4.79 Å². The van der Waals surface area contributed by atoms with Gasteiger partial charge in [0.05, 0.1) is 5.69 Å². The molecule has 0 aliphatic rings. The third-order valence-electron chi connectivity index (χ3n) is 2.03. The lowest BCUT2D eigenvalue weighted by Crippen LogP contribution is -1.88. The molecule has 2 rings (SSSR count). The van der Waals surface area contributed by atoms with E-state index in [0.29, 0.717) is 5.56 Å². The molecule has 0 unspecified atom stereocenters. The molecule has 0 spiro atoms. The van der Waals surface area contributed by atoms with E-state index in [1.807, 2.05) is 36.4 Å². The second-order valence-corrected chi connectivity index (χ2v) is 2.92. The van der Waals surface area contributed by atoms with Gasteiger partial charge in [-0.25, -0.2) is 0 Å². The lowest BCUT2D eigenvalue weighted by Gasteiger charge is -2.02. The van der Waals surface area contributed by atoms with Crippen LogP contribution < -0.4 is 0 Å². The van der Waals surface area contributed by atoms with Gasteiger partial charge in [0.2, 0.25) is 0 Å². The molecule has 0 amide bonds. The summed E-state index contributed by atoms with van der Waals surface area (Å²) < 4.78 is 0. The Morgan fingerprint density at radius 3 is 2.40 bits per heavy atom. The number of aldehydes is 1. The molecule has 2 aromatic rings. The Balaban J connectivity index is 0.00000112. The van der Waals surface area contributed by atoms with E-state index >= 15 is 0 Å². The van der Waals surface area contributed by atoms with Gasteiger partial charge in [-0.15, -0.1) is 12.4 Å². The molecule has 0 atom stereocenters. The zero-order valence-corrected chi connectivity index (χ0v) is 8.78. The first-order chi connectivity index (χ1) is 6.92. The molecule has 0 N–H and O–H groups in total. The van der Waals surface area contributed by atoms with E-state index < -0.39 is 0 Å². The van der Waals surface area contributed by atoms with E-state index in [1.54, 1.807) is 12.3 Å². The van der Waals surface area contributed by atoms with E-state index in [0.717, 1.165) is 17.5 Å². The highest BCUT2D eigenvalue weighted by atomic mass is 35.5. The normalized spacial score (nSPS) is 9.07. The van der Waals surface area contributed by atoms with E-state index in [4.69, 9.17) is 0 Å². The maximum atomic E-state index is 10.8. The molecule has 1 heterocycles. The van der Waals surface area contributed by atoms with Crippen molar-refractivity contribution in [1.82, 2.24) is 4.98 Å². The van der Waals surface area contributed by atoms with Crippen molar-refractivity contribution >= 4 is 18.7 Å². The van der Waals surface area contributed by atoms with Gasteiger partial charge in [-0.1, -0.05) is 30.3 Å². The Hall–Kier alpha value is -1.67. The highest BCUT2D eigenvalue weighted by molar-refractivity contribution is 5.86. The lowest BCUT2D eigenvalue weighted by molar-refractivity contribution is 0.112. The highest BCUT2D eigenvalue weighted by Gasteiger charge is 2.02. The number of hydrogen-bond acceptors (Lipinski definition) is 2. The molecule has 0 fully saturated rings. The topological polar surface area (TPSA) is 30.0 Å². The second-order valence-electron chi connectivity index (χ2n) is 2.92. The number of rotatable bonds is 2. The van der Waals surface area contributed by atoms with Crippen LogP contribution in [0, 0.1) is 0 Å². The van der Waals surface area contributed by atoms with Gasteiger partial charge in [-0.3, -0.25) is 9.78 Å². The van der Waals surface area contributed by atoms with Crippen LogP contribution in [-0.4, -0.2) is 11.3 Å². The Bertz CT molecular complexity index is 442. The van der Waals surface area contributed by atoms with Gasteiger partial charge in [-0.05, 0) is 12.1 Å². The average molecular weight is 220 g/mol. The zero-order chi connectivity index (χ0) is 9.80. The number of hydrogen-bond donors (Lipinski definition) is 0. The van der Waals surface area contributed by atoms with Crippen molar-refractivity contribution in [3.05, 3.63) is 54.2 Å². The molecule has 0 saturated heterocycles. The third-order valence-corrected chi connectivity index (χ3v) is 2.03. The van der Waals surface area contributed by atoms with Crippen LogP contribution in [0.2, 0.25) is 0 Å². The van der Waals surface area contributed by atoms with Crippen molar-refractivity contribution in [3.63, 3.8) is 0 Å². The number of benzene rings is 1. The second kappa shape index (κ2) is 5.27. The quantitative estimate of drug-likeness (QED) is 0.727. The van der Waals surface area contributed by atoms with Crippen LogP contribution in [0.25, 0.3) is 11.3 Å². The minimum atomic E-state index is 0. The van der Waals surface area contributed by atoms with Gasteiger partial charge in [0.1, 0.15) is 0 Å². The SMILES string of the molecule is Cl.O=Cc1ccccc1-c1ccccn1. The van der Waals surface area contributed by atoms with Crippen molar-refractivity contribution in [1.29, 1.82) is 0 Å². The fourth-order valence-electron chi connectivity index (χ4n) is 1.36. The molecular formula is C12H10ClNO. The van der Waals surface area contributed by atoms with Crippen LogP contribution in [0.4, 0.5) is 0 Å². The maximum Gasteiger partial charge on any atom is 0.150 e. The van der Waals surface area contributed by atoms with Crippen LogP contribution in [-0.2, 0) is 0 Å². The van der Waals surface area contributed by atoms with Crippen LogP contribution in [0.5, 0.6) is 0 Å². The van der Waals surface area contributed by atoms with Crippen molar-refractivity contribution in [2.24, 2.45) is 0 Å². The number of carbonyl (C=O) groups is 1. The molecule has 3 heteroatoms. The van der Waals surface area contributed by atoms with Gasteiger partial charge in [0.15, 0.2) is 6.29 Å². The molecule has 2 nitrogen and oxygen atoms in total. The zero-order valence-electron chi connectivity index (χ0n) is 7.96. The fraction of sp³-hybridized carbons (Fsp3) is 0. The van der Waals surface area contributed by atoms with E-state index in [1.165, 1.54) is 0 Å². The Labute approximate surface area is 94.4 Å². The van der Waals surface area contributed by atoms with Gasteiger partial charge < -0.3 is 0 Å². The molecule has 76 valence electrons. The fourth-order valence-corrected chi connectivity index (χ4v) is 1.36. The van der Waals surface area contributed by atoms with Crippen LogP contribution in [0.3, 0.4) is 0 Å². The summed E-state index contributed by atoms with van der Waals surface area (Å²) in [5.74, 6) is 0. The number of carbonyl (C=O) groups excluding carboxylic acids is 1. The minimum Gasteiger partial charge on any atom is -0.298 e. The lowest BCUT2D eigenvalue weighted by atomic mass is 10.1. The van der Waals surface area contributed by atoms with Crippen LogP contribution in [0.15, 0.2) is 48.7 Å². The number of aromatic nitrogens is 1. The van der Waals surface area contributed by atoms with Gasteiger partial charge >= 0.3 is 0 Å². The first kappa shape index (κ1) is 11.4. The summed E-state index contributed by atoms with van der Waals surface area (Å²) in [6, 6.07) is 13.1. The average Bonchev–Trinajstić information content (AvgIpc) is 2.30. The summed E-state index contributed by atoms with van der Waals surface area (Å²) in [5.41, 5.74) is 2.38. The van der Waals surface area contributed by atoms with Crippen LogP contribution >= 0.6 is 12.4 Å². The summed E-state index contributed by atoms with van der Waals surface area (Å²) in [6.45, 7) is 0. The minimum absolute atomic E-state index is 0. The molecule has 1 aromatic heterocycles. The van der Waals surface area contributed by atoms with Gasteiger partial charge in [0, 0.05) is 17.3 Å². The summed E-state index contributed by atoms with van der Waals surface area (Å²) >= 11 is 0. The van der Waals surface area contributed by atoms with Crippen molar-refractivity contribution in [2.75, 3.05) is 0 Å². The molecule has 0 radical (unpaired) electrons. The molecule has 1 aromatic carbocycles. The van der Waals surface area contributed by atoms with Crippen LogP contribution in [0.1, 0.15) is 10.4 Å². The Morgan fingerprint density at radius 1 is 1.00 bits per heavy atom.